The topological polar surface area (TPSA) is 100 Å². The Kier molecular flexibility index (Phi) is 7.12. The number of likely N-dealkylation sites (N-methyl/N-ethyl adjacent to an activating group) is 1. The van der Waals surface area contributed by atoms with Crippen LogP contribution >= 0.6 is 0 Å². The van der Waals surface area contributed by atoms with Crippen molar-refractivity contribution in [1.82, 2.24) is 20.4 Å². The number of hydrogen-bond acceptors (Lipinski definition) is 5. The summed E-state index contributed by atoms with van der Waals surface area (Å²) in [7, 11) is 0. The number of para-hydroxylation sites is 1. The van der Waals surface area contributed by atoms with E-state index in [9.17, 15) is 14.4 Å². The molecule has 9 heteroatoms. The fourth-order valence-corrected chi connectivity index (χ4v) is 5.26. The molecule has 3 aliphatic heterocycles. The van der Waals surface area contributed by atoms with E-state index in [-0.39, 0.29) is 30.5 Å². The monoisotopic (exact) mass is 518 g/mol. The minimum atomic E-state index is -1.13. The van der Waals surface area contributed by atoms with Crippen LogP contribution in [0.4, 0.5) is 4.79 Å². The predicted molar refractivity (Wildman–Crippen MR) is 141 cm³/mol. The van der Waals surface area contributed by atoms with Gasteiger partial charge >= 0.3 is 6.03 Å². The molecule has 0 radical (unpaired) electrons. The molecular weight excluding hydrogens is 484 g/mol. The lowest BCUT2D eigenvalue weighted by molar-refractivity contribution is -0.142. The molecule has 0 spiro atoms. The van der Waals surface area contributed by atoms with Crippen molar-refractivity contribution in [2.45, 2.75) is 51.3 Å². The Labute approximate surface area is 222 Å². The van der Waals surface area contributed by atoms with Crippen molar-refractivity contribution in [3.8, 4) is 11.5 Å². The molecule has 2 aromatic rings. The fraction of sp³-hybridized carbons (Fsp3) is 0.414. The Morgan fingerprint density at radius 2 is 1.89 bits per heavy atom. The number of nitrogens with one attached hydrogen (secondary N) is 2. The highest BCUT2D eigenvalue weighted by molar-refractivity contribution is 6.04. The molecule has 9 nitrogen and oxygen atoms in total. The van der Waals surface area contributed by atoms with Crippen LogP contribution in [-0.2, 0) is 14.3 Å². The van der Waals surface area contributed by atoms with E-state index in [1.165, 1.54) is 0 Å². The Hall–Kier alpha value is -3.85. The molecule has 2 aromatic carbocycles. The first-order chi connectivity index (χ1) is 18.3. The molecule has 38 heavy (non-hydrogen) atoms. The number of carbonyl (C=O) groups is 3. The maximum atomic E-state index is 13.9. The minimum Gasteiger partial charge on any atom is -0.457 e. The van der Waals surface area contributed by atoms with Gasteiger partial charge in [-0.15, -0.1) is 0 Å². The summed E-state index contributed by atoms with van der Waals surface area (Å²) in [6.45, 7) is 7.04. The van der Waals surface area contributed by atoms with Crippen LogP contribution in [0.5, 0.6) is 11.5 Å². The summed E-state index contributed by atoms with van der Waals surface area (Å²) in [6.07, 6.45) is 1.90. The zero-order valence-electron chi connectivity index (χ0n) is 22.0. The summed E-state index contributed by atoms with van der Waals surface area (Å²) in [4.78, 5) is 43.4. The summed E-state index contributed by atoms with van der Waals surface area (Å²) >= 11 is 0. The van der Waals surface area contributed by atoms with Crippen molar-refractivity contribution in [3.05, 3.63) is 71.4 Å². The summed E-state index contributed by atoms with van der Waals surface area (Å²) in [5, 5.41) is 5.96. The molecule has 1 fully saturated rings. The third-order valence-electron chi connectivity index (χ3n) is 7.45. The maximum Gasteiger partial charge on any atom is 0.322 e. The van der Waals surface area contributed by atoms with E-state index in [1.807, 2.05) is 61.5 Å². The predicted octanol–water partition coefficient (Wildman–Crippen LogP) is 3.74. The Balaban J connectivity index is 1.41. The quantitative estimate of drug-likeness (QED) is 0.555. The average Bonchev–Trinajstić information content (AvgIpc) is 3.56. The lowest BCUT2D eigenvalue weighted by Gasteiger charge is -2.35. The van der Waals surface area contributed by atoms with E-state index < -0.39 is 11.6 Å². The van der Waals surface area contributed by atoms with Crippen LogP contribution in [0.2, 0.25) is 0 Å². The fourth-order valence-electron chi connectivity index (χ4n) is 5.26. The van der Waals surface area contributed by atoms with Crippen molar-refractivity contribution < 1.29 is 23.9 Å². The summed E-state index contributed by atoms with van der Waals surface area (Å²) in [5.41, 5.74) is 0.702. The second-order valence-corrected chi connectivity index (χ2v) is 10.3. The third kappa shape index (κ3) is 4.86. The third-order valence-corrected chi connectivity index (χ3v) is 7.45. The first kappa shape index (κ1) is 25.8. The molecule has 200 valence electrons. The van der Waals surface area contributed by atoms with Gasteiger partial charge in [0.25, 0.3) is 5.91 Å². The molecule has 2 N–H and O–H groups in total. The van der Waals surface area contributed by atoms with Gasteiger partial charge < -0.3 is 25.0 Å². The van der Waals surface area contributed by atoms with Crippen molar-refractivity contribution in [2.75, 3.05) is 26.2 Å². The number of amides is 4. The highest BCUT2D eigenvalue weighted by Crippen LogP contribution is 2.39. The zero-order chi connectivity index (χ0) is 26.9. The molecule has 4 amide bonds. The Morgan fingerprint density at radius 1 is 1.13 bits per heavy atom. The highest BCUT2D eigenvalue weighted by Gasteiger charge is 2.49. The van der Waals surface area contributed by atoms with Crippen LogP contribution in [0.1, 0.15) is 45.2 Å². The molecular formula is C29H34N4O5. The van der Waals surface area contributed by atoms with Crippen LogP contribution in [0, 0.1) is 0 Å². The van der Waals surface area contributed by atoms with Crippen LogP contribution in [0.25, 0.3) is 0 Å². The van der Waals surface area contributed by atoms with E-state index >= 15 is 0 Å². The van der Waals surface area contributed by atoms with Gasteiger partial charge in [0.15, 0.2) is 0 Å². The van der Waals surface area contributed by atoms with Crippen LogP contribution in [0.3, 0.4) is 0 Å². The second-order valence-electron chi connectivity index (χ2n) is 10.3. The molecule has 1 saturated heterocycles. The van der Waals surface area contributed by atoms with Gasteiger partial charge in [0.1, 0.15) is 17.0 Å². The maximum absolute atomic E-state index is 13.9. The van der Waals surface area contributed by atoms with Crippen molar-refractivity contribution in [1.29, 1.82) is 0 Å². The molecule has 0 aromatic heterocycles. The molecule has 3 heterocycles. The van der Waals surface area contributed by atoms with Crippen LogP contribution in [0.15, 0.2) is 65.9 Å². The summed E-state index contributed by atoms with van der Waals surface area (Å²) < 4.78 is 11.6. The highest BCUT2D eigenvalue weighted by atomic mass is 16.5. The first-order valence-electron chi connectivity index (χ1n) is 13.2. The van der Waals surface area contributed by atoms with Crippen LogP contribution in [-0.4, -0.2) is 65.5 Å². The molecule has 5 rings (SSSR count). The number of ether oxygens (including phenoxy) is 2. The van der Waals surface area contributed by atoms with Gasteiger partial charge in [-0.05, 0) is 63.4 Å². The molecule has 3 aliphatic rings. The van der Waals surface area contributed by atoms with Gasteiger partial charge in [-0.25, -0.2) is 4.79 Å². The Morgan fingerprint density at radius 3 is 2.61 bits per heavy atom. The smallest absolute Gasteiger partial charge is 0.322 e. The molecule has 0 bridgehead atoms. The Bertz CT molecular complexity index is 1250. The van der Waals surface area contributed by atoms with E-state index in [0.717, 1.165) is 18.4 Å². The SMILES string of the molecule is CCN1C(=O)NC(c2cccc(Oc3ccccc3)c2)C2=C1CN(C(C)(C)C(=O)NCC1CCCO1)C2=O. The van der Waals surface area contributed by atoms with Crippen molar-refractivity contribution >= 4 is 17.8 Å². The second kappa shape index (κ2) is 10.5. The minimum absolute atomic E-state index is 0.00234. The summed E-state index contributed by atoms with van der Waals surface area (Å²) in [5.74, 6) is 0.765. The lowest BCUT2D eigenvalue weighted by Crippen LogP contribution is -2.57. The van der Waals surface area contributed by atoms with Gasteiger partial charge in [-0.3, -0.25) is 14.5 Å². The number of carbonyl (C=O) groups excluding carboxylic acids is 3. The molecule has 0 aliphatic carbocycles. The standard InChI is InChI=1S/C29H34N4O5/c1-4-32-23-18-33(29(2,3)27(35)30-17-22-14-9-15-37-22)26(34)24(23)25(31-28(32)36)19-10-8-13-21(16-19)38-20-11-6-5-7-12-20/h5-8,10-13,16,22,25H,4,9,14-15,17-18H2,1-3H3,(H,30,35)(H,31,36). The van der Waals surface area contributed by atoms with E-state index in [4.69, 9.17) is 9.47 Å². The first-order valence-corrected chi connectivity index (χ1v) is 13.2. The van der Waals surface area contributed by atoms with Crippen molar-refractivity contribution in [2.24, 2.45) is 0 Å². The van der Waals surface area contributed by atoms with Gasteiger partial charge in [0, 0.05) is 19.7 Å². The average molecular weight is 519 g/mol. The molecule has 0 saturated carbocycles. The lowest BCUT2D eigenvalue weighted by atomic mass is 9.95. The molecule has 2 atom stereocenters. The normalized spacial score (nSPS) is 21.4. The summed E-state index contributed by atoms with van der Waals surface area (Å²) in [6, 6.07) is 15.8. The zero-order valence-corrected chi connectivity index (χ0v) is 22.0. The van der Waals surface area contributed by atoms with E-state index in [0.29, 0.717) is 42.5 Å². The largest absolute Gasteiger partial charge is 0.457 e. The number of hydrogen-bond donors (Lipinski definition) is 2. The number of urea groups is 1. The van der Waals surface area contributed by atoms with Crippen LogP contribution < -0.4 is 15.4 Å². The van der Waals surface area contributed by atoms with Gasteiger partial charge in [-0.2, -0.15) is 0 Å². The number of nitrogens with zero attached hydrogens (tertiary/aromatic N) is 2. The van der Waals surface area contributed by atoms with Gasteiger partial charge in [0.2, 0.25) is 5.91 Å². The van der Waals surface area contributed by atoms with Crippen molar-refractivity contribution in [3.63, 3.8) is 0 Å². The van der Waals surface area contributed by atoms with E-state index in [1.54, 1.807) is 23.6 Å². The van der Waals surface area contributed by atoms with E-state index in [2.05, 4.69) is 10.6 Å². The van der Waals surface area contributed by atoms with Gasteiger partial charge in [-0.1, -0.05) is 30.3 Å². The molecule has 2 unspecified atom stereocenters. The number of benzene rings is 2. The van der Waals surface area contributed by atoms with Gasteiger partial charge in [0.05, 0.1) is 30.0 Å². The number of rotatable bonds is 8.